The van der Waals surface area contributed by atoms with Crippen molar-refractivity contribution < 1.29 is 18.0 Å². The zero-order valence-electron chi connectivity index (χ0n) is 8.42. The molecule has 0 aromatic carbocycles. The molecule has 0 atom stereocenters. The zero-order valence-corrected chi connectivity index (χ0v) is 9.24. The summed E-state index contributed by atoms with van der Waals surface area (Å²) in [7, 11) is 0. The van der Waals surface area contributed by atoms with E-state index in [9.17, 15) is 18.0 Å². The molecular formula is C7H9F3N4OS. The highest BCUT2D eigenvalue weighted by atomic mass is 32.1. The fourth-order valence-corrected chi connectivity index (χ4v) is 1.25. The number of aromatic nitrogens is 2. The minimum atomic E-state index is -4.56. The summed E-state index contributed by atoms with van der Waals surface area (Å²) < 4.78 is 36.4. The smallest absolute Gasteiger partial charge is 0.318 e. The molecule has 0 aliphatic heterocycles. The molecule has 1 aromatic rings. The Labute approximate surface area is 92.9 Å². The van der Waals surface area contributed by atoms with Crippen molar-refractivity contribution >= 4 is 22.4 Å². The number of nitrogens with zero attached hydrogens (tertiary/aromatic N) is 2. The van der Waals surface area contributed by atoms with E-state index in [0.29, 0.717) is 0 Å². The predicted molar refractivity (Wildman–Crippen MR) is 51.8 cm³/mol. The molecule has 0 fully saturated rings. The van der Waals surface area contributed by atoms with Crippen molar-refractivity contribution in [2.75, 3.05) is 5.32 Å². The SMILES string of the molecule is CC(C)(N)C(=O)Nc1nnc(C(F)(F)F)s1. The Bertz CT molecular complexity index is 395. The molecule has 0 saturated carbocycles. The van der Waals surface area contributed by atoms with E-state index in [2.05, 4.69) is 15.5 Å². The van der Waals surface area contributed by atoms with Crippen molar-refractivity contribution in [1.29, 1.82) is 0 Å². The van der Waals surface area contributed by atoms with Gasteiger partial charge < -0.3 is 5.73 Å². The van der Waals surface area contributed by atoms with Crippen LogP contribution >= 0.6 is 11.3 Å². The molecule has 0 aliphatic rings. The van der Waals surface area contributed by atoms with Gasteiger partial charge in [0, 0.05) is 0 Å². The molecule has 1 amide bonds. The molecule has 5 nitrogen and oxygen atoms in total. The first-order valence-corrected chi connectivity index (χ1v) is 4.93. The predicted octanol–water partition coefficient (Wildman–Crippen LogP) is 1.23. The average molecular weight is 254 g/mol. The third-order valence-electron chi connectivity index (χ3n) is 1.47. The van der Waals surface area contributed by atoms with Crippen LogP contribution in [0.15, 0.2) is 0 Å². The van der Waals surface area contributed by atoms with Crippen LogP contribution in [0.4, 0.5) is 18.3 Å². The molecule has 1 heterocycles. The van der Waals surface area contributed by atoms with Gasteiger partial charge in [0.15, 0.2) is 0 Å². The second kappa shape index (κ2) is 3.98. The fourth-order valence-electron chi connectivity index (χ4n) is 0.647. The van der Waals surface area contributed by atoms with Gasteiger partial charge in [-0.15, -0.1) is 10.2 Å². The van der Waals surface area contributed by atoms with Gasteiger partial charge in [-0.05, 0) is 13.8 Å². The van der Waals surface area contributed by atoms with Gasteiger partial charge in [0.2, 0.25) is 16.0 Å². The number of hydrogen-bond donors (Lipinski definition) is 2. The number of halogens is 3. The summed E-state index contributed by atoms with van der Waals surface area (Å²) in [5, 5.41) is 6.92. The Morgan fingerprint density at radius 1 is 1.38 bits per heavy atom. The number of amides is 1. The minimum absolute atomic E-state index is 0.226. The second-order valence-corrected chi connectivity index (χ2v) is 4.56. The van der Waals surface area contributed by atoms with Crippen LogP contribution in [0.5, 0.6) is 0 Å². The Morgan fingerprint density at radius 3 is 2.31 bits per heavy atom. The highest BCUT2D eigenvalue weighted by molar-refractivity contribution is 7.15. The second-order valence-electron chi connectivity index (χ2n) is 3.59. The standard InChI is InChI=1S/C7H9F3N4OS/c1-6(2,11)3(15)12-5-14-13-4(16-5)7(8,9)10/h11H2,1-2H3,(H,12,14,15). The number of hydrogen-bond acceptors (Lipinski definition) is 5. The summed E-state index contributed by atoms with van der Waals surface area (Å²) in [6, 6.07) is 0. The van der Waals surface area contributed by atoms with E-state index in [-0.39, 0.29) is 16.5 Å². The number of alkyl halides is 3. The van der Waals surface area contributed by atoms with Crippen molar-refractivity contribution in [2.45, 2.75) is 25.6 Å². The summed E-state index contributed by atoms with van der Waals surface area (Å²) in [6.45, 7) is 2.85. The fraction of sp³-hybridized carbons (Fsp3) is 0.571. The topological polar surface area (TPSA) is 80.9 Å². The number of carbonyl (C=O) groups is 1. The highest BCUT2D eigenvalue weighted by Gasteiger charge is 2.36. The molecule has 0 saturated heterocycles. The number of anilines is 1. The van der Waals surface area contributed by atoms with Crippen molar-refractivity contribution in [1.82, 2.24) is 10.2 Å². The third-order valence-corrected chi connectivity index (χ3v) is 2.36. The Balaban J connectivity index is 2.78. The normalized spacial score (nSPS) is 12.6. The van der Waals surface area contributed by atoms with Crippen LogP contribution in [0.1, 0.15) is 18.9 Å². The first kappa shape index (κ1) is 12.8. The zero-order chi connectivity index (χ0) is 12.6. The first-order chi connectivity index (χ1) is 7.10. The van der Waals surface area contributed by atoms with Crippen LogP contribution in [0, 0.1) is 0 Å². The molecule has 90 valence electrons. The largest absolute Gasteiger partial charge is 0.445 e. The Morgan fingerprint density at radius 2 is 1.94 bits per heavy atom. The molecule has 3 N–H and O–H groups in total. The summed E-state index contributed by atoms with van der Waals surface area (Å²) in [4.78, 5) is 11.3. The highest BCUT2D eigenvalue weighted by Crippen LogP contribution is 2.33. The van der Waals surface area contributed by atoms with Crippen LogP contribution in [-0.2, 0) is 11.0 Å². The summed E-state index contributed by atoms with van der Waals surface area (Å²) in [5.74, 6) is -0.627. The van der Waals surface area contributed by atoms with Crippen LogP contribution < -0.4 is 11.1 Å². The van der Waals surface area contributed by atoms with Crippen molar-refractivity contribution in [3.8, 4) is 0 Å². The third kappa shape index (κ3) is 3.14. The van der Waals surface area contributed by atoms with E-state index in [1.807, 2.05) is 0 Å². The van der Waals surface area contributed by atoms with Crippen LogP contribution in [0.2, 0.25) is 0 Å². The van der Waals surface area contributed by atoms with Gasteiger partial charge in [0.05, 0.1) is 5.54 Å². The Kier molecular flexibility index (Phi) is 3.20. The molecule has 0 radical (unpaired) electrons. The van der Waals surface area contributed by atoms with E-state index in [1.54, 1.807) is 0 Å². The molecule has 0 spiro atoms. The number of nitrogens with two attached hydrogens (primary N) is 1. The number of rotatable bonds is 2. The van der Waals surface area contributed by atoms with Crippen LogP contribution in [0.3, 0.4) is 0 Å². The molecule has 0 bridgehead atoms. The van der Waals surface area contributed by atoms with Crippen LogP contribution in [0.25, 0.3) is 0 Å². The maximum atomic E-state index is 12.1. The first-order valence-electron chi connectivity index (χ1n) is 4.12. The lowest BCUT2D eigenvalue weighted by Crippen LogP contribution is -2.45. The number of nitrogens with one attached hydrogen (secondary N) is 1. The summed E-state index contributed by atoms with van der Waals surface area (Å²) in [5.41, 5.74) is 4.25. The molecular weight excluding hydrogens is 245 g/mol. The number of carbonyl (C=O) groups excluding carboxylic acids is 1. The van der Waals surface area contributed by atoms with Gasteiger partial charge in [-0.25, -0.2) is 0 Å². The molecule has 0 unspecified atom stereocenters. The molecule has 9 heteroatoms. The van der Waals surface area contributed by atoms with Gasteiger partial charge in [-0.2, -0.15) is 13.2 Å². The molecule has 0 aliphatic carbocycles. The van der Waals surface area contributed by atoms with Gasteiger partial charge in [0.25, 0.3) is 0 Å². The summed E-state index contributed by atoms with van der Waals surface area (Å²) in [6.07, 6.45) is -4.56. The Hall–Kier alpha value is -1.22. The maximum absolute atomic E-state index is 12.1. The van der Waals surface area contributed by atoms with E-state index in [0.717, 1.165) is 0 Å². The van der Waals surface area contributed by atoms with Gasteiger partial charge >= 0.3 is 6.18 Å². The van der Waals surface area contributed by atoms with Gasteiger partial charge in [-0.1, -0.05) is 11.3 Å². The van der Waals surface area contributed by atoms with E-state index in [1.165, 1.54) is 13.8 Å². The maximum Gasteiger partial charge on any atom is 0.445 e. The van der Waals surface area contributed by atoms with Crippen molar-refractivity contribution in [2.24, 2.45) is 5.73 Å². The lowest BCUT2D eigenvalue weighted by molar-refractivity contribution is -0.138. The average Bonchev–Trinajstić information content (AvgIpc) is 2.49. The van der Waals surface area contributed by atoms with E-state index < -0.39 is 22.6 Å². The quantitative estimate of drug-likeness (QED) is 0.831. The van der Waals surface area contributed by atoms with Gasteiger partial charge in [0.1, 0.15) is 0 Å². The monoisotopic (exact) mass is 254 g/mol. The lowest BCUT2D eigenvalue weighted by atomic mass is 10.1. The lowest BCUT2D eigenvalue weighted by Gasteiger charge is -2.15. The van der Waals surface area contributed by atoms with Crippen molar-refractivity contribution in [3.63, 3.8) is 0 Å². The van der Waals surface area contributed by atoms with E-state index in [4.69, 9.17) is 5.73 Å². The van der Waals surface area contributed by atoms with Gasteiger partial charge in [-0.3, -0.25) is 10.1 Å². The minimum Gasteiger partial charge on any atom is -0.318 e. The summed E-state index contributed by atoms with van der Waals surface area (Å²) >= 11 is 0.250. The molecule has 1 rings (SSSR count). The van der Waals surface area contributed by atoms with E-state index >= 15 is 0 Å². The molecule has 1 aromatic heterocycles. The molecule has 16 heavy (non-hydrogen) atoms. The van der Waals surface area contributed by atoms with Crippen molar-refractivity contribution in [3.05, 3.63) is 5.01 Å². The van der Waals surface area contributed by atoms with Crippen LogP contribution in [-0.4, -0.2) is 21.6 Å².